The molecule has 1 aromatic carbocycles. The summed E-state index contributed by atoms with van der Waals surface area (Å²) in [5.74, 6) is -0.685. The first kappa shape index (κ1) is 15.7. The van der Waals surface area contributed by atoms with Crippen LogP contribution in [-0.4, -0.2) is 44.0 Å². The molecule has 0 spiro atoms. The molecule has 106 valence electrons. The average Bonchev–Trinajstić information content (AvgIpc) is 2.35. The van der Waals surface area contributed by atoms with E-state index in [2.05, 4.69) is 5.32 Å². The van der Waals surface area contributed by atoms with E-state index in [0.717, 1.165) is 6.07 Å². The maximum absolute atomic E-state index is 12.8. The maximum atomic E-state index is 12.8. The summed E-state index contributed by atoms with van der Waals surface area (Å²) in [4.78, 5) is 11.4. The molecule has 1 rings (SSSR count). The molecule has 19 heavy (non-hydrogen) atoms. The Balaban J connectivity index is 2.33. The van der Waals surface area contributed by atoms with E-state index in [-0.39, 0.29) is 30.5 Å². The molecule has 0 saturated heterocycles. The Bertz CT molecular complexity index is 430. The molecule has 1 aromatic rings. The normalized spacial score (nSPS) is 12.0. The minimum absolute atomic E-state index is 0.0627. The fourth-order valence-electron chi connectivity index (χ4n) is 1.27. The minimum atomic E-state index is -0.775. The topological polar surface area (TPSA) is 67.8 Å². The number of halogens is 2. The fraction of sp³-hybridized carbons (Fsp3) is 0.417. The third-order valence-electron chi connectivity index (χ3n) is 2.15. The number of aliphatic hydroxyl groups excluding tert-OH is 1. The standard InChI is InChI=1S/C12H15ClFNO4/c1-18-6-9(16)5-15-12(17)7-19-11-3-2-8(14)4-10(11)13/h2-4,9,16H,5-7H2,1H3,(H,15,17). The van der Waals surface area contributed by atoms with Crippen molar-refractivity contribution in [2.45, 2.75) is 6.10 Å². The van der Waals surface area contributed by atoms with E-state index in [0.29, 0.717) is 0 Å². The van der Waals surface area contributed by atoms with Crippen LogP contribution < -0.4 is 10.1 Å². The predicted molar refractivity (Wildman–Crippen MR) is 67.8 cm³/mol. The summed E-state index contributed by atoms with van der Waals surface area (Å²) in [6, 6.07) is 3.61. The summed E-state index contributed by atoms with van der Waals surface area (Å²) in [5, 5.41) is 11.9. The molecule has 5 nitrogen and oxygen atoms in total. The van der Waals surface area contributed by atoms with Gasteiger partial charge in [-0.15, -0.1) is 0 Å². The van der Waals surface area contributed by atoms with Crippen molar-refractivity contribution in [2.24, 2.45) is 0 Å². The Morgan fingerprint density at radius 3 is 2.95 bits per heavy atom. The molecule has 0 aliphatic heterocycles. The van der Waals surface area contributed by atoms with E-state index in [9.17, 15) is 14.3 Å². The second-order valence-electron chi connectivity index (χ2n) is 3.78. The van der Waals surface area contributed by atoms with E-state index in [4.69, 9.17) is 21.1 Å². The van der Waals surface area contributed by atoms with Crippen LogP contribution in [0.15, 0.2) is 18.2 Å². The first-order chi connectivity index (χ1) is 9.02. The van der Waals surface area contributed by atoms with Gasteiger partial charge in [-0.3, -0.25) is 4.79 Å². The number of hydrogen-bond donors (Lipinski definition) is 2. The van der Waals surface area contributed by atoms with Crippen LogP contribution in [0, 0.1) is 5.82 Å². The minimum Gasteiger partial charge on any atom is -0.482 e. The Morgan fingerprint density at radius 1 is 1.58 bits per heavy atom. The number of aliphatic hydroxyl groups is 1. The number of ether oxygens (including phenoxy) is 2. The highest BCUT2D eigenvalue weighted by Crippen LogP contribution is 2.24. The van der Waals surface area contributed by atoms with Gasteiger partial charge in [0.05, 0.1) is 17.7 Å². The van der Waals surface area contributed by atoms with Crippen molar-refractivity contribution in [3.05, 3.63) is 29.0 Å². The van der Waals surface area contributed by atoms with Crippen LogP contribution in [0.2, 0.25) is 5.02 Å². The van der Waals surface area contributed by atoms with Crippen LogP contribution >= 0.6 is 11.6 Å². The molecule has 0 heterocycles. The van der Waals surface area contributed by atoms with Crippen molar-refractivity contribution in [2.75, 3.05) is 26.9 Å². The van der Waals surface area contributed by atoms with Gasteiger partial charge in [-0.1, -0.05) is 11.6 Å². The van der Waals surface area contributed by atoms with Crippen molar-refractivity contribution in [3.63, 3.8) is 0 Å². The lowest BCUT2D eigenvalue weighted by molar-refractivity contribution is -0.123. The molecule has 0 aromatic heterocycles. The lowest BCUT2D eigenvalue weighted by atomic mass is 10.3. The van der Waals surface area contributed by atoms with Crippen molar-refractivity contribution < 1.29 is 23.8 Å². The molecule has 1 atom stereocenters. The molecule has 2 N–H and O–H groups in total. The lowest BCUT2D eigenvalue weighted by Crippen LogP contribution is -2.37. The van der Waals surface area contributed by atoms with E-state index >= 15 is 0 Å². The number of carbonyl (C=O) groups excluding carboxylic acids is 1. The smallest absolute Gasteiger partial charge is 0.258 e. The van der Waals surface area contributed by atoms with Crippen molar-refractivity contribution in [1.82, 2.24) is 5.32 Å². The van der Waals surface area contributed by atoms with Gasteiger partial charge in [0.1, 0.15) is 11.6 Å². The van der Waals surface area contributed by atoms with Crippen LogP contribution in [-0.2, 0) is 9.53 Å². The molecule has 0 fully saturated rings. The second kappa shape index (κ2) is 7.93. The number of hydrogen-bond acceptors (Lipinski definition) is 4. The molecule has 1 unspecified atom stereocenters. The van der Waals surface area contributed by atoms with Crippen LogP contribution in [0.4, 0.5) is 4.39 Å². The maximum Gasteiger partial charge on any atom is 0.258 e. The van der Waals surface area contributed by atoms with Gasteiger partial charge in [0, 0.05) is 13.7 Å². The molecule has 7 heteroatoms. The van der Waals surface area contributed by atoms with E-state index < -0.39 is 17.8 Å². The molecule has 0 radical (unpaired) electrons. The van der Waals surface area contributed by atoms with Crippen molar-refractivity contribution in [3.8, 4) is 5.75 Å². The van der Waals surface area contributed by atoms with E-state index in [1.807, 2.05) is 0 Å². The number of amides is 1. The van der Waals surface area contributed by atoms with Gasteiger partial charge < -0.3 is 19.9 Å². The highest BCUT2D eigenvalue weighted by Gasteiger charge is 2.09. The van der Waals surface area contributed by atoms with Crippen LogP contribution in [0.5, 0.6) is 5.75 Å². The Hall–Kier alpha value is -1.37. The van der Waals surface area contributed by atoms with Crippen molar-refractivity contribution >= 4 is 17.5 Å². The van der Waals surface area contributed by atoms with Crippen LogP contribution in [0.3, 0.4) is 0 Å². The lowest BCUT2D eigenvalue weighted by Gasteiger charge is -2.11. The number of benzene rings is 1. The predicted octanol–water partition coefficient (Wildman–Crippen LogP) is 0.981. The van der Waals surface area contributed by atoms with Crippen LogP contribution in [0.25, 0.3) is 0 Å². The highest BCUT2D eigenvalue weighted by atomic mass is 35.5. The summed E-state index contributed by atoms with van der Waals surface area (Å²) in [5.41, 5.74) is 0. The molecule has 1 amide bonds. The Labute approximate surface area is 115 Å². The third kappa shape index (κ3) is 5.87. The van der Waals surface area contributed by atoms with Gasteiger partial charge in [-0.05, 0) is 18.2 Å². The number of rotatable bonds is 7. The zero-order valence-corrected chi connectivity index (χ0v) is 11.1. The Morgan fingerprint density at radius 2 is 2.32 bits per heavy atom. The number of carbonyl (C=O) groups is 1. The molecule has 0 aliphatic carbocycles. The van der Waals surface area contributed by atoms with Gasteiger partial charge in [0.25, 0.3) is 5.91 Å². The monoisotopic (exact) mass is 291 g/mol. The third-order valence-corrected chi connectivity index (χ3v) is 2.44. The van der Waals surface area contributed by atoms with Gasteiger partial charge in [0.2, 0.25) is 0 Å². The average molecular weight is 292 g/mol. The van der Waals surface area contributed by atoms with Gasteiger partial charge in [0.15, 0.2) is 6.61 Å². The quantitative estimate of drug-likeness (QED) is 0.786. The number of methoxy groups -OCH3 is 1. The summed E-state index contributed by atoms with van der Waals surface area (Å²) in [6.07, 6.45) is -0.775. The zero-order valence-electron chi connectivity index (χ0n) is 10.4. The second-order valence-corrected chi connectivity index (χ2v) is 4.18. The first-order valence-corrected chi connectivity index (χ1v) is 5.92. The van der Waals surface area contributed by atoms with Gasteiger partial charge >= 0.3 is 0 Å². The summed E-state index contributed by atoms with van der Waals surface area (Å²) in [7, 11) is 1.45. The number of nitrogens with one attached hydrogen (secondary N) is 1. The van der Waals surface area contributed by atoms with Gasteiger partial charge in [-0.2, -0.15) is 0 Å². The molecule has 0 aliphatic rings. The molecule has 0 saturated carbocycles. The fourth-order valence-corrected chi connectivity index (χ4v) is 1.49. The van der Waals surface area contributed by atoms with E-state index in [1.165, 1.54) is 19.2 Å². The molecule has 0 bridgehead atoms. The summed E-state index contributed by atoms with van der Waals surface area (Å²) >= 11 is 5.73. The van der Waals surface area contributed by atoms with Crippen molar-refractivity contribution in [1.29, 1.82) is 0 Å². The van der Waals surface area contributed by atoms with Gasteiger partial charge in [-0.25, -0.2) is 4.39 Å². The summed E-state index contributed by atoms with van der Waals surface area (Å²) in [6.45, 7) is -0.0802. The molecular weight excluding hydrogens is 277 g/mol. The van der Waals surface area contributed by atoms with E-state index in [1.54, 1.807) is 0 Å². The highest BCUT2D eigenvalue weighted by molar-refractivity contribution is 6.32. The molecular formula is C12H15ClFNO4. The van der Waals surface area contributed by atoms with Crippen LogP contribution in [0.1, 0.15) is 0 Å². The first-order valence-electron chi connectivity index (χ1n) is 5.54. The SMILES string of the molecule is COCC(O)CNC(=O)COc1ccc(F)cc1Cl. The Kier molecular flexibility index (Phi) is 6.55. The summed E-state index contributed by atoms with van der Waals surface area (Å²) < 4.78 is 22.6. The zero-order chi connectivity index (χ0) is 14.3. The largest absolute Gasteiger partial charge is 0.482 e.